The Labute approximate surface area is 75.9 Å². The van der Waals surface area contributed by atoms with Crippen LogP contribution in [-0.2, 0) is 4.79 Å². The molecular formula is C10H21NO. The molecule has 0 heterocycles. The molecular weight excluding hydrogens is 150 g/mol. The van der Waals surface area contributed by atoms with Crippen molar-refractivity contribution in [3.05, 3.63) is 0 Å². The molecule has 0 amide bonds. The molecule has 12 heavy (non-hydrogen) atoms. The predicted octanol–water partition coefficient (Wildman–Crippen LogP) is 1.94. The van der Waals surface area contributed by atoms with Gasteiger partial charge in [0.2, 0.25) is 0 Å². The van der Waals surface area contributed by atoms with Crippen molar-refractivity contribution in [3.8, 4) is 0 Å². The summed E-state index contributed by atoms with van der Waals surface area (Å²) in [7, 11) is 2.05. The van der Waals surface area contributed by atoms with Crippen molar-refractivity contribution < 1.29 is 4.79 Å². The number of hydrogen-bond acceptors (Lipinski definition) is 2. The van der Waals surface area contributed by atoms with Crippen molar-refractivity contribution in [1.82, 2.24) is 4.90 Å². The fourth-order valence-corrected chi connectivity index (χ4v) is 1.47. The van der Waals surface area contributed by atoms with E-state index in [9.17, 15) is 4.79 Å². The van der Waals surface area contributed by atoms with Gasteiger partial charge in [-0.3, -0.25) is 0 Å². The number of carbonyl (C=O) groups excluding carboxylic acids is 1. The van der Waals surface area contributed by atoms with Gasteiger partial charge in [0.1, 0.15) is 6.29 Å². The van der Waals surface area contributed by atoms with Gasteiger partial charge in [0.25, 0.3) is 0 Å². The molecule has 1 unspecified atom stereocenters. The average molecular weight is 171 g/mol. The van der Waals surface area contributed by atoms with Crippen molar-refractivity contribution in [3.63, 3.8) is 0 Å². The van der Waals surface area contributed by atoms with Gasteiger partial charge in [-0.2, -0.15) is 0 Å². The Balaban J connectivity index is 4.03. The van der Waals surface area contributed by atoms with E-state index < -0.39 is 0 Å². The number of rotatable bonds is 6. The quantitative estimate of drug-likeness (QED) is 0.569. The lowest BCUT2D eigenvalue weighted by molar-refractivity contribution is -0.116. The van der Waals surface area contributed by atoms with E-state index in [1.165, 1.54) is 0 Å². The Kier molecular flexibility index (Phi) is 5.14. The topological polar surface area (TPSA) is 20.3 Å². The van der Waals surface area contributed by atoms with E-state index in [4.69, 9.17) is 0 Å². The van der Waals surface area contributed by atoms with E-state index in [-0.39, 0.29) is 5.41 Å². The Morgan fingerprint density at radius 3 is 2.33 bits per heavy atom. The molecule has 1 atom stereocenters. The maximum atomic E-state index is 10.8. The third-order valence-corrected chi connectivity index (χ3v) is 2.28. The van der Waals surface area contributed by atoms with Crippen LogP contribution < -0.4 is 0 Å². The molecule has 0 bridgehead atoms. The van der Waals surface area contributed by atoms with Crippen LogP contribution in [0.5, 0.6) is 0 Å². The van der Waals surface area contributed by atoms with E-state index in [0.29, 0.717) is 0 Å². The van der Waals surface area contributed by atoms with E-state index in [1.54, 1.807) is 0 Å². The van der Waals surface area contributed by atoms with Gasteiger partial charge in [-0.15, -0.1) is 0 Å². The molecule has 0 N–H and O–H groups in total. The minimum Gasteiger partial charge on any atom is -0.306 e. The van der Waals surface area contributed by atoms with Crippen molar-refractivity contribution in [2.45, 2.75) is 33.6 Å². The van der Waals surface area contributed by atoms with Gasteiger partial charge in [0.05, 0.1) is 0 Å². The summed E-state index contributed by atoms with van der Waals surface area (Å²) in [6.07, 6.45) is 3.16. The minimum atomic E-state index is -0.139. The number of nitrogens with zero attached hydrogens (tertiary/aromatic N) is 1. The van der Waals surface area contributed by atoms with Crippen LogP contribution in [0, 0.1) is 5.41 Å². The third-order valence-electron chi connectivity index (χ3n) is 2.28. The lowest BCUT2D eigenvalue weighted by Gasteiger charge is -2.27. The first-order valence-corrected chi connectivity index (χ1v) is 4.73. The van der Waals surface area contributed by atoms with Crippen LogP contribution in [0.2, 0.25) is 0 Å². The highest BCUT2D eigenvalue weighted by Crippen LogP contribution is 2.20. The molecule has 0 fully saturated rings. The van der Waals surface area contributed by atoms with Gasteiger partial charge >= 0.3 is 0 Å². The Hall–Kier alpha value is -0.370. The van der Waals surface area contributed by atoms with Crippen LogP contribution in [0.1, 0.15) is 33.6 Å². The number of aldehydes is 1. The summed E-state index contributed by atoms with van der Waals surface area (Å²) in [5.41, 5.74) is -0.139. The first-order valence-electron chi connectivity index (χ1n) is 4.73. The molecule has 0 radical (unpaired) electrons. The molecule has 0 aromatic heterocycles. The SMILES string of the molecule is CCCC(C)(C=O)CN(C)CC. The highest BCUT2D eigenvalue weighted by Gasteiger charge is 2.23. The number of carbonyl (C=O) groups is 1. The second-order valence-electron chi connectivity index (χ2n) is 3.85. The molecule has 0 saturated carbocycles. The first kappa shape index (κ1) is 11.6. The highest BCUT2D eigenvalue weighted by molar-refractivity contribution is 5.58. The molecule has 0 aliphatic heterocycles. The molecule has 0 rings (SSSR count). The van der Waals surface area contributed by atoms with Gasteiger partial charge in [-0.05, 0) is 20.0 Å². The molecule has 2 nitrogen and oxygen atoms in total. The first-order chi connectivity index (χ1) is 5.58. The predicted molar refractivity (Wildman–Crippen MR) is 52.3 cm³/mol. The Morgan fingerprint density at radius 2 is 2.00 bits per heavy atom. The normalized spacial score (nSPS) is 16.1. The average Bonchev–Trinajstić information content (AvgIpc) is 2.05. The monoisotopic (exact) mass is 171 g/mol. The van der Waals surface area contributed by atoms with Crippen LogP contribution in [-0.4, -0.2) is 31.3 Å². The third kappa shape index (κ3) is 3.86. The maximum absolute atomic E-state index is 10.8. The van der Waals surface area contributed by atoms with Crippen LogP contribution in [0.4, 0.5) is 0 Å². The summed E-state index contributed by atoms with van der Waals surface area (Å²) >= 11 is 0. The van der Waals surface area contributed by atoms with Gasteiger partial charge < -0.3 is 9.69 Å². The van der Waals surface area contributed by atoms with Crippen molar-refractivity contribution >= 4 is 6.29 Å². The molecule has 0 aliphatic carbocycles. The van der Waals surface area contributed by atoms with Crippen LogP contribution >= 0.6 is 0 Å². The van der Waals surface area contributed by atoms with Gasteiger partial charge in [-0.1, -0.05) is 27.2 Å². The minimum absolute atomic E-state index is 0.139. The fourth-order valence-electron chi connectivity index (χ4n) is 1.47. The molecule has 0 spiro atoms. The van der Waals surface area contributed by atoms with Crippen molar-refractivity contribution in [2.24, 2.45) is 5.41 Å². The number of hydrogen-bond donors (Lipinski definition) is 0. The summed E-state index contributed by atoms with van der Waals surface area (Å²) in [4.78, 5) is 13.0. The second kappa shape index (κ2) is 5.31. The largest absolute Gasteiger partial charge is 0.306 e. The zero-order valence-corrected chi connectivity index (χ0v) is 8.76. The summed E-state index contributed by atoms with van der Waals surface area (Å²) in [6.45, 7) is 8.15. The lowest BCUT2D eigenvalue weighted by Crippen LogP contribution is -2.34. The molecule has 0 aliphatic rings. The van der Waals surface area contributed by atoms with E-state index in [2.05, 4.69) is 25.8 Å². The molecule has 0 aromatic rings. The van der Waals surface area contributed by atoms with Crippen molar-refractivity contribution in [1.29, 1.82) is 0 Å². The maximum Gasteiger partial charge on any atom is 0.127 e. The van der Waals surface area contributed by atoms with Gasteiger partial charge in [0.15, 0.2) is 0 Å². The van der Waals surface area contributed by atoms with E-state index in [0.717, 1.165) is 32.2 Å². The summed E-state index contributed by atoms with van der Waals surface area (Å²) < 4.78 is 0. The zero-order chi connectivity index (χ0) is 9.61. The fraction of sp³-hybridized carbons (Fsp3) is 0.900. The van der Waals surface area contributed by atoms with Crippen LogP contribution in [0.3, 0.4) is 0 Å². The second-order valence-corrected chi connectivity index (χ2v) is 3.85. The molecule has 72 valence electrons. The standard InChI is InChI=1S/C10H21NO/c1-5-7-10(3,9-12)8-11(4)6-2/h9H,5-8H2,1-4H3. The van der Waals surface area contributed by atoms with Crippen molar-refractivity contribution in [2.75, 3.05) is 20.1 Å². The Morgan fingerprint density at radius 1 is 1.42 bits per heavy atom. The van der Waals surface area contributed by atoms with Gasteiger partial charge in [-0.25, -0.2) is 0 Å². The smallest absolute Gasteiger partial charge is 0.127 e. The van der Waals surface area contributed by atoms with Crippen LogP contribution in [0.15, 0.2) is 0 Å². The summed E-state index contributed by atoms with van der Waals surface area (Å²) in [5, 5.41) is 0. The Bertz CT molecular complexity index is 136. The zero-order valence-electron chi connectivity index (χ0n) is 8.76. The van der Waals surface area contributed by atoms with Gasteiger partial charge in [0, 0.05) is 12.0 Å². The molecule has 0 aromatic carbocycles. The van der Waals surface area contributed by atoms with E-state index in [1.807, 2.05) is 6.92 Å². The highest BCUT2D eigenvalue weighted by atomic mass is 16.1. The summed E-state index contributed by atoms with van der Waals surface area (Å²) in [6, 6.07) is 0. The van der Waals surface area contributed by atoms with Crippen LogP contribution in [0.25, 0.3) is 0 Å². The summed E-state index contributed by atoms with van der Waals surface area (Å²) in [5.74, 6) is 0. The molecule has 0 saturated heterocycles. The molecule has 2 heteroatoms. The lowest BCUT2D eigenvalue weighted by atomic mass is 9.87. The van der Waals surface area contributed by atoms with E-state index >= 15 is 0 Å².